The largest absolute Gasteiger partial charge is 0.492 e. The molecule has 19 heavy (non-hydrogen) atoms. The van der Waals surface area contributed by atoms with Gasteiger partial charge < -0.3 is 10.1 Å². The molecule has 0 aromatic heterocycles. The average molecular weight is 409 g/mol. The Kier molecular flexibility index (Phi) is 5.64. The van der Waals surface area contributed by atoms with Gasteiger partial charge in [-0.25, -0.2) is 0 Å². The standard InChI is InChI=1S/C14H19Br2NOS/c1-3-18-13-10(6-11(15)7-12(13)16)8-17-9-14(19-2)4-5-14/h6-7,17H,3-5,8-9H2,1-2H3. The topological polar surface area (TPSA) is 21.3 Å². The molecule has 2 nitrogen and oxygen atoms in total. The van der Waals surface area contributed by atoms with Gasteiger partial charge in [0.15, 0.2) is 0 Å². The van der Waals surface area contributed by atoms with E-state index in [4.69, 9.17) is 4.74 Å². The molecule has 5 heteroatoms. The Balaban J connectivity index is 2.01. The van der Waals surface area contributed by atoms with Gasteiger partial charge in [-0.05, 0) is 54.1 Å². The van der Waals surface area contributed by atoms with Gasteiger partial charge in [-0.15, -0.1) is 0 Å². The first-order chi connectivity index (χ1) is 9.10. The van der Waals surface area contributed by atoms with Crippen LogP contribution in [0.2, 0.25) is 0 Å². The quantitative estimate of drug-likeness (QED) is 0.712. The van der Waals surface area contributed by atoms with E-state index in [1.54, 1.807) is 0 Å². The van der Waals surface area contributed by atoms with Crippen LogP contribution in [0.4, 0.5) is 0 Å². The van der Waals surface area contributed by atoms with Crippen molar-refractivity contribution in [3.8, 4) is 5.75 Å². The Bertz CT molecular complexity index is 449. The summed E-state index contributed by atoms with van der Waals surface area (Å²) in [6.07, 6.45) is 4.87. The van der Waals surface area contributed by atoms with Gasteiger partial charge in [-0.2, -0.15) is 11.8 Å². The Morgan fingerprint density at radius 1 is 1.37 bits per heavy atom. The number of hydrogen-bond acceptors (Lipinski definition) is 3. The van der Waals surface area contributed by atoms with E-state index < -0.39 is 0 Å². The number of benzene rings is 1. The zero-order valence-electron chi connectivity index (χ0n) is 11.3. The first-order valence-corrected chi connectivity index (χ1v) is 9.28. The van der Waals surface area contributed by atoms with Crippen LogP contribution in [0.25, 0.3) is 0 Å². The van der Waals surface area contributed by atoms with E-state index in [0.717, 1.165) is 27.8 Å². The monoisotopic (exact) mass is 407 g/mol. The molecule has 0 bridgehead atoms. The second kappa shape index (κ2) is 6.83. The van der Waals surface area contributed by atoms with Crippen LogP contribution in [0.1, 0.15) is 25.3 Å². The summed E-state index contributed by atoms with van der Waals surface area (Å²) in [5.41, 5.74) is 1.19. The molecule has 0 atom stereocenters. The summed E-state index contributed by atoms with van der Waals surface area (Å²) in [6, 6.07) is 4.15. The fourth-order valence-electron chi connectivity index (χ4n) is 2.07. The van der Waals surface area contributed by atoms with Crippen molar-refractivity contribution in [2.24, 2.45) is 0 Å². The fourth-order valence-corrected chi connectivity index (χ4v) is 4.25. The molecule has 1 aliphatic rings. The Labute approximate surface area is 136 Å². The molecule has 1 aliphatic carbocycles. The SMILES string of the molecule is CCOc1c(Br)cc(Br)cc1CNCC1(SC)CC1. The Hall–Kier alpha value is 0.290. The maximum Gasteiger partial charge on any atom is 0.138 e. The molecule has 0 aliphatic heterocycles. The minimum Gasteiger partial charge on any atom is -0.492 e. The van der Waals surface area contributed by atoms with Crippen LogP contribution < -0.4 is 10.1 Å². The predicted molar refractivity (Wildman–Crippen MR) is 90.2 cm³/mol. The van der Waals surface area contributed by atoms with E-state index in [2.05, 4.69) is 49.5 Å². The smallest absolute Gasteiger partial charge is 0.138 e. The average Bonchev–Trinajstić information content (AvgIpc) is 3.14. The van der Waals surface area contributed by atoms with Crippen LogP contribution in [0.3, 0.4) is 0 Å². The number of rotatable bonds is 7. The summed E-state index contributed by atoms with van der Waals surface area (Å²) in [4.78, 5) is 0. The normalized spacial score (nSPS) is 16.4. The van der Waals surface area contributed by atoms with Crippen molar-refractivity contribution >= 4 is 43.6 Å². The summed E-state index contributed by atoms with van der Waals surface area (Å²) in [5.74, 6) is 0.951. The van der Waals surface area contributed by atoms with Crippen LogP contribution in [0, 0.1) is 0 Å². The predicted octanol–water partition coefficient (Wildman–Crippen LogP) is 4.60. The highest BCUT2D eigenvalue weighted by molar-refractivity contribution is 9.11. The minimum atomic E-state index is 0.495. The minimum absolute atomic E-state index is 0.495. The third-order valence-corrected chi connectivity index (χ3v) is 5.84. The third kappa shape index (κ3) is 4.13. The first-order valence-electron chi connectivity index (χ1n) is 6.47. The van der Waals surface area contributed by atoms with E-state index >= 15 is 0 Å². The summed E-state index contributed by atoms with van der Waals surface area (Å²) in [6.45, 7) is 4.61. The van der Waals surface area contributed by atoms with E-state index in [9.17, 15) is 0 Å². The van der Waals surface area contributed by atoms with Gasteiger partial charge in [-0.1, -0.05) is 15.9 Å². The number of halogens is 2. The summed E-state index contributed by atoms with van der Waals surface area (Å²) in [7, 11) is 0. The molecule has 1 aromatic rings. The number of hydrogen-bond donors (Lipinski definition) is 1. The third-order valence-electron chi connectivity index (χ3n) is 3.38. The molecule has 2 rings (SSSR count). The molecule has 1 saturated carbocycles. The molecular formula is C14H19Br2NOS. The van der Waals surface area contributed by atoms with E-state index in [0.29, 0.717) is 11.4 Å². The lowest BCUT2D eigenvalue weighted by Gasteiger charge is -2.16. The van der Waals surface area contributed by atoms with Crippen molar-refractivity contribution in [1.29, 1.82) is 0 Å². The van der Waals surface area contributed by atoms with E-state index in [1.807, 2.05) is 24.8 Å². The van der Waals surface area contributed by atoms with Gasteiger partial charge in [-0.3, -0.25) is 0 Å². The molecule has 0 heterocycles. The van der Waals surface area contributed by atoms with Crippen LogP contribution in [0.5, 0.6) is 5.75 Å². The fraction of sp³-hybridized carbons (Fsp3) is 0.571. The van der Waals surface area contributed by atoms with Gasteiger partial charge in [0.25, 0.3) is 0 Å². The van der Waals surface area contributed by atoms with Gasteiger partial charge in [0.2, 0.25) is 0 Å². The molecule has 0 radical (unpaired) electrons. The lowest BCUT2D eigenvalue weighted by atomic mass is 10.2. The molecule has 1 aromatic carbocycles. The number of thioether (sulfide) groups is 1. The van der Waals surface area contributed by atoms with Crippen molar-refractivity contribution in [1.82, 2.24) is 5.32 Å². The van der Waals surface area contributed by atoms with Gasteiger partial charge in [0.1, 0.15) is 5.75 Å². The van der Waals surface area contributed by atoms with Crippen molar-refractivity contribution in [2.45, 2.75) is 31.1 Å². The van der Waals surface area contributed by atoms with Crippen LogP contribution in [-0.2, 0) is 6.54 Å². The maximum absolute atomic E-state index is 5.73. The zero-order chi connectivity index (χ0) is 13.9. The van der Waals surface area contributed by atoms with E-state index in [1.165, 1.54) is 18.4 Å². The van der Waals surface area contributed by atoms with Crippen molar-refractivity contribution in [3.63, 3.8) is 0 Å². The molecule has 0 unspecified atom stereocenters. The summed E-state index contributed by atoms with van der Waals surface area (Å²) < 4.78 is 8.31. The van der Waals surface area contributed by atoms with Crippen LogP contribution >= 0.6 is 43.6 Å². The molecule has 1 fully saturated rings. The molecule has 0 spiro atoms. The van der Waals surface area contributed by atoms with Gasteiger partial charge in [0.05, 0.1) is 11.1 Å². The highest BCUT2D eigenvalue weighted by atomic mass is 79.9. The zero-order valence-corrected chi connectivity index (χ0v) is 15.3. The van der Waals surface area contributed by atoms with E-state index in [-0.39, 0.29) is 0 Å². The highest BCUT2D eigenvalue weighted by Crippen LogP contribution is 2.46. The molecule has 0 amide bonds. The molecule has 0 saturated heterocycles. The van der Waals surface area contributed by atoms with Crippen LogP contribution in [-0.4, -0.2) is 24.2 Å². The number of nitrogens with one attached hydrogen (secondary N) is 1. The Morgan fingerprint density at radius 3 is 2.68 bits per heavy atom. The second-order valence-corrected chi connectivity index (χ2v) is 7.84. The summed E-state index contributed by atoms with van der Waals surface area (Å²) in [5, 5.41) is 3.57. The number of ether oxygens (including phenoxy) is 1. The second-order valence-electron chi connectivity index (χ2n) is 4.80. The Morgan fingerprint density at radius 2 is 2.11 bits per heavy atom. The van der Waals surface area contributed by atoms with Crippen molar-refractivity contribution in [3.05, 3.63) is 26.6 Å². The van der Waals surface area contributed by atoms with Crippen molar-refractivity contribution in [2.75, 3.05) is 19.4 Å². The maximum atomic E-state index is 5.73. The van der Waals surface area contributed by atoms with Gasteiger partial charge >= 0.3 is 0 Å². The van der Waals surface area contributed by atoms with Crippen molar-refractivity contribution < 1.29 is 4.74 Å². The molecule has 1 N–H and O–H groups in total. The molecule has 106 valence electrons. The van der Waals surface area contributed by atoms with Gasteiger partial charge in [0, 0.05) is 27.9 Å². The molecular weight excluding hydrogens is 390 g/mol. The lowest BCUT2D eigenvalue weighted by molar-refractivity contribution is 0.333. The highest BCUT2D eigenvalue weighted by Gasteiger charge is 2.41. The summed E-state index contributed by atoms with van der Waals surface area (Å²) >= 11 is 9.09. The lowest BCUT2D eigenvalue weighted by Crippen LogP contribution is -2.25. The first kappa shape index (κ1) is 15.7. The van der Waals surface area contributed by atoms with Crippen LogP contribution in [0.15, 0.2) is 21.1 Å².